The van der Waals surface area contributed by atoms with E-state index >= 15 is 0 Å². The van der Waals surface area contributed by atoms with Crippen molar-refractivity contribution >= 4 is 23.9 Å². The summed E-state index contributed by atoms with van der Waals surface area (Å²) >= 11 is 0. The van der Waals surface area contributed by atoms with Gasteiger partial charge in [-0.05, 0) is 89.4 Å². The molecule has 4 N–H and O–H groups in total. The summed E-state index contributed by atoms with van der Waals surface area (Å²) in [4.78, 5) is 51.8. The van der Waals surface area contributed by atoms with Crippen LogP contribution >= 0.6 is 0 Å². The summed E-state index contributed by atoms with van der Waals surface area (Å²) in [5, 5.41) is 19.4. The molecule has 0 aromatic carbocycles. The highest BCUT2D eigenvalue weighted by molar-refractivity contribution is 5.80. The van der Waals surface area contributed by atoms with E-state index in [9.17, 15) is 24.3 Å². The second-order valence-corrected chi connectivity index (χ2v) is 14.6. The molecule has 0 aromatic heterocycles. The van der Waals surface area contributed by atoms with Gasteiger partial charge in [0.05, 0.1) is 5.92 Å². The second kappa shape index (κ2) is 16.1. The third-order valence-corrected chi connectivity index (χ3v) is 10.3. The van der Waals surface area contributed by atoms with Gasteiger partial charge < -0.3 is 25.8 Å². The predicted octanol–water partition coefficient (Wildman–Crippen LogP) is 6.34. The van der Waals surface area contributed by atoms with Gasteiger partial charge in [0.15, 0.2) is 0 Å². The smallest absolute Gasteiger partial charge is 0.407 e. The molecule has 9 nitrogen and oxygen atoms in total. The number of nitrogens with one attached hydrogen (secondary N) is 3. The fourth-order valence-corrected chi connectivity index (χ4v) is 8.16. The Labute approximate surface area is 259 Å². The molecule has 3 aliphatic rings. The number of rotatable bonds is 12. The second-order valence-electron chi connectivity index (χ2n) is 14.6. The first-order chi connectivity index (χ1) is 20.4. The lowest BCUT2D eigenvalue weighted by Gasteiger charge is -2.41. The van der Waals surface area contributed by atoms with Crippen molar-refractivity contribution in [3.63, 3.8) is 0 Å². The van der Waals surface area contributed by atoms with Crippen LogP contribution in [0.25, 0.3) is 0 Å². The number of carboxylic acid groups (broad SMARTS) is 1. The Morgan fingerprint density at radius 2 is 1.33 bits per heavy atom. The van der Waals surface area contributed by atoms with E-state index in [0.717, 1.165) is 83.5 Å². The van der Waals surface area contributed by atoms with Crippen molar-refractivity contribution < 1.29 is 29.0 Å². The summed E-state index contributed by atoms with van der Waals surface area (Å²) in [5.74, 6) is -1.42. The average molecular weight is 606 g/mol. The lowest BCUT2D eigenvalue weighted by molar-refractivity contribution is -0.145. The van der Waals surface area contributed by atoms with Gasteiger partial charge in [-0.15, -0.1) is 0 Å². The van der Waals surface area contributed by atoms with Crippen molar-refractivity contribution in [3.8, 4) is 0 Å². The maximum absolute atomic E-state index is 13.8. The van der Waals surface area contributed by atoms with E-state index in [1.165, 1.54) is 0 Å². The van der Waals surface area contributed by atoms with Crippen LogP contribution < -0.4 is 16.0 Å². The van der Waals surface area contributed by atoms with Crippen LogP contribution in [-0.4, -0.2) is 53.2 Å². The Kier molecular flexibility index (Phi) is 13.2. The minimum absolute atomic E-state index is 0.000333. The molecular formula is C34H59N3O6. The van der Waals surface area contributed by atoms with Gasteiger partial charge in [0.2, 0.25) is 11.8 Å². The van der Waals surface area contributed by atoms with E-state index in [4.69, 9.17) is 4.74 Å². The maximum atomic E-state index is 13.8. The normalized spacial score (nSPS) is 27.3. The van der Waals surface area contributed by atoms with Crippen molar-refractivity contribution in [1.82, 2.24) is 16.0 Å². The molecule has 3 aliphatic carbocycles. The summed E-state index contributed by atoms with van der Waals surface area (Å²) in [6.07, 6.45) is 13.6. The molecule has 0 bridgehead atoms. The van der Waals surface area contributed by atoms with E-state index in [-0.39, 0.29) is 47.1 Å². The molecule has 9 heteroatoms. The molecule has 0 radical (unpaired) electrons. The first-order valence-electron chi connectivity index (χ1n) is 17.2. The quantitative estimate of drug-likeness (QED) is 0.205. The Balaban J connectivity index is 1.66. The Morgan fingerprint density at radius 3 is 1.86 bits per heavy atom. The van der Waals surface area contributed by atoms with E-state index in [1.54, 1.807) is 0 Å². The lowest BCUT2D eigenvalue weighted by atomic mass is 9.71. The van der Waals surface area contributed by atoms with Crippen molar-refractivity contribution in [3.05, 3.63) is 0 Å². The average Bonchev–Trinajstić information content (AvgIpc) is 2.94. The number of amides is 3. The number of carbonyl (C=O) groups is 4. The highest BCUT2D eigenvalue weighted by Crippen LogP contribution is 2.40. The van der Waals surface area contributed by atoms with Gasteiger partial charge >= 0.3 is 12.1 Å². The van der Waals surface area contributed by atoms with Crippen LogP contribution in [0.3, 0.4) is 0 Å². The Bertz CT molecular complexity index is 941. The summed E-state index contributed by atoms with van der Waals surface area (Å²) in [7, 11) is 0. The fourth-order valence-electron chi connectivity index (χ4n) is 8.16. The van der Waals surface area contributed by atoms with Crippen molar-refractivity contribution in [2.75, 3.05) is 6.54 Å². The Hall–Kier alpha value is -2.32. The highest BCUT2D eigenvalue weighted by atomic mass is 16.6. The zero-order chi connectivity index (χ0) is 31.6. The van der Waals surface area contributed by atoms with Crippen molar-refractivity contribution in [2.45, 2.75) is 155 Å². The molecule has 3 fully saturated rings. The Morgan fingerprint density at radius 1 is 0.791 bits per heavy atom. The van der Waals surface area contributed by atoms with Crippen LogP contribution in [0.1, 0.15) is 137 Å². The summed E-state index contributed by atoms with van der Waals surface area (Å²) in [5.41, 5.74) is -0.869. The number of carboxylic acids is 1. The van der Waals surface area contributed by atoms with Crippen LogP contribution in [0.5, 0.6) is 0 Å². The van der Waals surface area contributed by atoms with Gasteiger partial charge in [-0.1, -0.05) is 58.8 Å². The van der Waals surface area contributed by atoms with Crippen LogP contribution in [0.4, 0.5) is 4.79 Å². The van der Waals surface area contributed by atoms with Gasteiger partial charge in [0.25, 0.3) is 0 Å². The summed E-state index contributed by atoms with van der Waals surface area (Å²) in [6.45, 7) is 9.90. The number of carbonyl (C=O) groups excluding carboxylic acids is 3. The molecule has 3 saturated carbocycles. The van der Waals surface area contributed by atoms with Gasteiger partial charge in [-0.25, -0.2) is 4.79 Å². The SMILES string of the molecule is CC[C@H](C(=O)O)[C@@H]1CCCC[C@@H]1NC(=O)[C@@H](CC)[C@@H]1CCCC[C@@H]1NC(=O)CC1(CNC(=O)OC(C)(C)C)CCCCC1. The fraction of sp³-hybridized carbons (Fsp3) is 0.882. The third kappa shape index (κ3) is 10.4. The standard InChI is InChI=1S/C34H59N3O6/c1-6-23(30(39)37-28-18-12-10-16-26(28)24(7-2)31(40)41)25-15-9-11-17-27(25)36-29(38)21-34(19-13-8-14-20-34)22-35-32(42)43-33(3,4)5/h23-28H,6-22H2,1-5H3,(H,35,42)(H,36,38)(H,37,39)(H,40,41)/t23-,24-,25-,26-,27-,28-/m0/s1. The zero-order valence-corrected chi connectivity index (χ0v) is 27.5. The highest BCUT2D eigenvalue weighted by Gasteiger charge is 2.41. The molecule has 3 rings (SSSR count). The zero-order valence-electron chi connectivity index (χ0n) is 27.5. The molecule has 43 heavy (non-hydrogen) atoms. The van der Waals surface area contributed by atoms with Crippen LogP contribution in [0.2, 0.25) is 0 Å². The number of alkyl carbamates (subject to hydrolysis) is 1. The van der Waals surface area contributed by atoms with E-state index in [0.29, 0.717) is 25.8 Å². The van der Waals surface area contributed by atoms with Gasteiger partial charge in [0.1, 0.15) is 5.60 Å². The van der Waals surface area contributed by atoms with Crippen molar-refractivity contribution in [2.24, 2.45) is 29.1 Å². The largest absolute Gasteiger partial charge is 0.481 e. The minimum atomic E-state index is -0.771. The summed E-state index contributed by atoms with van der Waals surface area (Å²) < 4.78 is 5.45. The minimum Gasteiger partial charge on any atom is -0.481 e. The van der Waals surface area contributed by atoms with E-state index in [1.807, 2.05) is 34.6 Å². The monoisotopic (exact) mass is 605 g/mol. The van der Waals surface area contributed by atoms with Crippen LogP contribution in [0.15, 0.2) is 0 Å². The first kappa shape index (κ1) is 35.2. The van der Waals surface area contributed by atoms with Gasteiger partial charge in [0, 0.05) is 31.0 Å². The molecule has 246 valence electrons. The molecule has 0 heterocycles. The predicted molar refractivity (Wildman–Crippen MR) is 167 cm³/mol. The number of ether oxygens (including phenoxy) is 1. The van der Waals surface area contributed by atoms with Crippen LogP contribution in [-0.2, 0) is 19.1 Å². The molecule has 0 aromatic rings. The van der Waals surface area contributed by atoms with Gasteiger partial charge in [-0.3, -0.25) is 14.4 Å². The van der Waals surface area contributed by atoms with Crippen LogP contribution in [0, 0.1) is 29.1 Å². The molecule has 0 aliphatic heterocycles. The first-order valence-corrected chi connectivity index (χ1v) is 17.2. The molecule has 0 saturated heterocycles. The topological polar surface area (TPSA) is 134 Å². The van der Waals surface area contributed by atoms with Gasteiger partial charge in [-0.2, -0.15) is 0 Å². The number of hydrogen-bond donors (Lipinski definition) is 4. The molecular weight excluding hydrogens is 546 g/mol. The molecule has 6 atom stereocenters. The number of hydrogen-bond acceptors (Lipinski definition) is 5. The third-order valence-electron chi connectivity index (χ3n) is 10.3. The lowest BCUT2D eigenvalue weighted by Crippen LogP contribution is -2.53. The van der Waals surface area contributed by atoms with Crippen molar-refractivity contribution in [1.29, 1.82) is 0 Å². The maximum Gasteiger partial charge on any atom is 0.407 e. The van der Waals surface area contributed by atoms with E-state index in [2.05, 4.69) is 16.0 Å². The molecule has 3 amide bonds. The molecule has 0 unspecified atom stereocenters. The van der Waals surface area contributed by atoms with E-state index < -0.39 is 23.6 Å². The number of aliphatic carboxylic acids is 1. The molecule has 0 spiro atoms. The summed E-state index contributed by atoms with van der Waals surface area (Å²) in [6, 6.07) is -0.183.